The lowest BCUT2D eigenvalue weighted by molar-refractivity contribution is 0.191. The third kappa shape index (κ3) is 7.61. The fourth-order valence-electron chi connectivity index (χ4n) is 6.16. The van der Waals surface area contributed by atoms with E-state index in [4.69, 9.17) is 4.74 Å². The van der Waals surface area contributed by atoms with Crippen LogP contribution >= 0.6 is 0 Å². The van der Waals surface area contributed by atoms with Crippen molar-refractivity contribution >= 4 is 0 Å². The summed E-state index contributed by atoms with van der Waals surface area (Å²) in [7, 11) is 0. The zero-order valence-corrected chi connectivity index (χ0v) is 20.0. The number of hydrogen-bond donors (Lipinski definition) is 0. The predicted octanol–water partition coefficient (Wildman–Crippen LogP) is 9.31. The van der Waals surface area contributed by atoms with Crippen LogP contribution in [0.4, 0.5) is 0 Å². The van der Waals surface area contributed by atoms with Crippen LogP contribution < -0.4 is 4.74 Å². The van der Waals surface area contributed by atoms with Gasteiger partial charge in [-0.2, -0.15) is 0 Å². The highest BCUT2D eigenvalue weighted by Gasteiger charge is 2.24. The number of unbranched alkanes of at least 4 members (excludes halogenated alkanes) is 2. The van der Waals surface area contributed by atoms with Crippen LogP contribution in [0.15, 0.2) is 24.3 Å². The molecule has 1 nitrogen and oxygen atoms in total. The van der Waals surface area contributed by atoms with E-state index in [1.807, 2.05) is 0 Å². The van der Waals surface area contributed by atoms with E-state index in [1.165, 1.54) is 108 Å². The van der Waals surface area contributed by atoms with E-state index in [0.717, 1.165) is 36.0 Å². The van der Waals surface area contributed by atoms with Gasteiger partial charge in [0.15, 0.2) is 0 Å². The number of hydrogen-bond acceptors (Lipinski definition) is 1. The Morgan fingerprint density at radius 2 is 1.30 bits per heavy atom. The second kappa shape index (κ2) is 13.4. The molecule has 0 spiro atoms. The van der Waals surface area contributed by atoms with Gasteiger partial charge in [0.1, 0.15) is 5.75 Å². The Bertz CT molecular complexity index is 554. The molecule has 2 aliphatic carbocycles. The second-order valence-corrected chi connectivity index (χ2v) is 10.4. The topological polar surface area (TPSA) is 9.23 Å². The van der Waals surface area contributed by atoms with Gasteiger partial charge in [-0.05, 0) is 79.9 Å². The molecule has 0 radical (unpaired) electrons. The van der Waals surface area contributed by atoms with Crippen molar-refractivity contribution in [1.29, 1.82) is 0 Å². The number of rotatable bonds is 12. The number of ether oxygens (including phenoxy) is 1. The first-order valence-corrected chi connectivity index (χ1v) is 13.5. The molecule has 2 unspecified atom stereocenters. The molecule has 3 rings (SSSR count). The van der Waals surface area contributed by atoms with Gasteiger partial charge < -0.3 is 4.74 Å². The summed E-state index contributed by atoms with van der Waals surface area (Å²) in [6.45, 7) is 5.53. The Labute approximate surface area is 187 Å². The van der Waals surface area contributed by atoms with Crippen molar-refractivity contribution in [3.63, 3.8) is 0 Å². The van der Waals surface area contributed by atoms with Crippen LogP contribution in [0.2, 0.25) is 0 Å². The monoisotopic (exact) mass is 412 g/mol. The van der Waals surface area contributed by atoms with E-state index in [-0.39, 0.29) is 0 Å². The zero-order valence-electron chi connectivity index (χ0n) is 20.0. The van der Waals surface area contributed by atoms with Gasteiger partial charge in [-0.3, -0.25) is 0 Å². The second-order valence-electron chi connectivity index (χ2n) is 10.4. The standard InChI is InChI=1S/C29H48O/c1-3-5-10-24-15-17-27(18-16-24)28-19-21-29(22-20-28)30-23-9-14-26-13-8-7-12-25(26)11-6-4-2/h19-22,24-27H,3-18,23H2,1-2H3. The van der Waals surface area contributed by atoms with Crippen molar-refractivity contribution in [3.05, 3.63) is 29.8 Å². The highest BCUT2D eigenvalue weighted by molar-refractivity contribution is 5.29. The van der Waals surface area contributed by atoms with E-state index in [1.54, 1.807) is 0 Å². The largest absolute Gasteiger partial charge is 0.494 e. The van der Waals surface area contributed by atoms with Crippen molar-refractivity contribution in [1.82, 2.24) is 0 Å². The third-order valence-electron chi connectivity index (χ3n) is 8.15. The minimum absolute atomic E-state index is 0.781. The summed E-state index contributed by atoms with van der Waals surface area (Å²) in [5.41, 5.74) is 1.54. The summed E-state index contributed by atoms with van der Waals surface area (Å²) < 4.78 is 6.12. The van der Waals surface area contributed by atoms with Crippen LogP contribution in [0, 0.1) is 17.8 Å². The average Bonchev–Trinajstić information content (AvgIpc) is 2.80. The van der Waals surface area contributed by atoms with Crippen molar-refractivity contribution < 1.29 is 4.74 Å². The normalized spacial score (nSPS) is 27.1. The van der Waals surface area contributed by atoms with Crippen LogP contribution in [-0.2, 0) is 0 Å². The molecule has 0 bridgehead atoms. The summed E-state index contributed by atoms with van der Waals surface area (Å²) in [5, 5.41) is 0. The molecule has 2 saturated carbocycles. The lowest BCUT2D eigenvalue weighted by Crippen LogP contribution is -2.20. The molecular weight excluding hydrogens is 364 g/mol. The van der Waals surface area contributed by atoms with Crippen LogP contribution in [0.1, 0.15) is 128 Å². The SMILES string of the molecule is CCCCC1CCC(c2ccc(OCCCC3CCCCC3CCCC)cc2)CC1. The highest BCUT2D eigenvalue weighted by Crippen LogP contribution is 2.38. The zero-order chi connectivity index (χ0) is 21.0. The molecule has 0 heterocycles. The fraction of sp³-hybridized carbons (Fsp3) is 0.793. The summed E-state index contributed by atoms with van der Waals surface area (Å²) >= 11 is 0. The van der Waals surface area contributed by atoms with Gasteiger partial charge in [-0.1, -0.05) is 90.2 Å². The van der Waals surface area contributed by atoms with Gasteiger partial charge in [0.05, 0.1) is 6.61 Å². The van der Waals surface area contributed by atoms with Crippen molar-refractivity contribution in [2.45, 2.75) is 122 Å². The molecule has 30 heavy (non-hydrogen) atoms. The molecule has 170 valence electrons. The summed E-state index contributed by atoms with van der Waals surface area (Å²) in [4.78, 5) is 0. The minimum Gasteiger partial charge on any atom is -0.494 e. The molecule has 2 fully saturated rings. The molecule has 2 aliphatic rings. The Kier molecular flexibility index (Phi) is 10.6. The molecule has 1 aromatic carbocycles. The van der Waals surface area contributed by atoms with Crippen LogP contribution in [0.25, 0.3) is 0 Å². The molecule has 0 aliphatic heterocycles. The van der Waals surface area contributed by atoms with E-state index >= 15 is 0 Å². The van der Waals surface area contributed by atoms with Crippen molar-refractivity contribution in [2.75, 3.05) is 6.61 Å². The van der Waals surface area contributed by atoms with Crippen molar-refractivity contribution in [3.8, 4) is 5.75 Å². The Balaban J connectivity index is 1.35. The quantitative estimate of drug-likeness (QED) is 0.311. The van der Waals surface area contributed by atoms with Gasteiger partial charge in [0.25, 0.3) is 0 Å². The maximum Gasteiger partial charge on any atom is 0.119 e. The first-order chi connectivity index (χ1) is 14.8. The summed E-state index contributed by atoms with van der Waals surface area (Å²) in [6.07, 6.45) is 22.5. The number of benzene rings is 1. The molecule has 0 saturated heterocycles. The summed E-state index contributed by atoms with van der Waals surface area (Å²) in [5.74, 6) is 4.80. The van der Waals surface area contributed by atoms with Gasteiger partial charge in [0, 0.05) is 0 Å². The van der Waals surface area contributed by atoms with Crippen molar-refractivity contribution in [2.24, 2.45) is 17.8 Å². The molecule has 2 atom stereocenters. The van der Waals surface area contributed by atoms with Gasteiger partial charge in [-0.25, -0.2) is 0 Å². The molecule has 1 aromatic rings. The fourth-order valence-corrected chi connectivity index (χ4v) is 6.16. The minimum atomic E-state index is 0.781. The van der Waals surface area contributed by atoms with Crippen LogP contribution in [0.3, 0.4) is 0 Å². The smallest absolute Gasteiger partial charge is 0.119 e. The van der Waals surface area contributed by atoms with Gasteiger partial charge >= 0.3 is 0 Å². The molecule has 1 heteroatoms. The maximum atomic E-state index is 6.12. The van der Waals surface area contributed by atoms with Gasteiger partial charge in [0.2, 0.25) is 0 Å². The Morgan fingerprint density at radius 1 is 0.700 bits per heavy atom. The Hall–Kier alpha value is -0.980. The Morgan fingerprint density at radius 3 is 1.93 bits per heavy atom. The van der Waals surface area contributed by atoms with E-state index in [2.05, 4.69) is 38.1 Å². The van der Waals surface area contributed by atoms with E-state index < -0.39 is 0 Å². The van der Waals surface area contributed by atoms with E-state index in [9.17, 15) is 0 Å². The lowest BCUT2D eigenvalue weighted by atomic mass is 9.75. The average molecular weight is 413 g/mol. The van der Waals surface area contributed by atoms with Gasteiger partial charge in [-0.15, -0.1) is 0 Å². The first kappa shape index (κ1) is 23.7. The maximum absolute atomic E-state index is 6.12. The molecule has 0 N–H and O–H groups in total. The summed E-state index contributed by atoms with van der Waals surface area (Å²) in [6, 6.07) is 9.13. The van der Waals surface area contributed by atoms with Crippen LogP contribution in [0.5, 0.6) is 5.75 Å². The van der Waals surface area contributed by atoms with E-state index in [0.29, 0.717) is 0 Å². The third-order valence-corrected chi connectivity index (χ3v) is 8.15. The van der Waals surface area contributed by atoms with Crippen LogP contribution in [-0.4, -0.2) is 6.61 Å². The lowest BCUT2D eigenvalue weighted by Gasteiger charge is -2.31. The molecular formula is C29H48O. The molecule has 0 aromatic heterocycles. The molecule has 0 amide bonds. The first-order valence-electron chi connectivity index (χ1n) is 13.5. The highest BCUT2D eigenvalue weighted by atomic mass is 16.5. The predicted molar refractivity (Wildman–Crippen MR) is 130 cm³/mol.